The van der Waals surface area contributed by atoms with Gasteiger partial charge in [-0.05, 0) is 46.5 Å². The highest BCUT2D eigenvalue weighted by molar-refractivity contribution is 6.01. The molecule has 1 aliphatic rings. The molecule has 136 valence electrons. The number of carbonyl (C=O) groups is 2. The Morgan fingerprint density at radius 3 is 2.21 bits per heavy atom. The minimum atomic E-state index is -1.32. The second-order valence-electron chi connectivity index (χ2n) is 6.99. The molecule has 0 aromatic rings. The van der Waals surface area contributed by atoms with Gasteiger partial charge in [0.2, 0.25) is 0 Å². The number of hydrogen-bond donors (Lipinski definition) is 0. The maximum Gasteiger partial charge on any atom is 0.323 e. The molecule has 5 nitrogen and oxygen atoms in total. The Labute approximate surface area is 145 Å². The van der Waals surface area contributed by atoms with E-state index in [4.69, 9.17) is 14.2 Å². The summed E-state index contributed by atoms with van der Waals surface area (Å²) in [6, 6.07) is 0. The number of carbonyl (C=O) groups excluding carboxylic acids is 2. The highest BCUT2D eigenvalue weighted by Gasteiger charge is 2.58. The van der Waals surface area contributed by atoms with Gasteiger partial charge in [0, 0.05) is 13.0 Å². The van der Waals surface area contributed by atoms with Gasteiger partial charge in [-0.25, -0.2) is 0 Å². The molecule has 1 unspecified atom stereocenters. The van der Waals surface area contributed by atoms with Crippen molar-refractivity contribution in [3.63, 3.8) is 0 Å². The molecular formula is C19H30O5. The quantitative estimate of drug-likeness (QED) is 0.404. The van der Waals surface area contributed by atoms with Gasteiger partial charge in [0.05, 0.1) is 19.8 Å². The van der Waals surface area contributed by atoms with E-state index in [0.717, 1.165) is 18.4 Å². The van der Waals surface area contributed by atoms with Gasteiger partial charge in [0.15, 0.2) is 5.41 Å². The van der Waals surface area contributed by atoms with Crippen molar-refractivity contribution in [1.82, 2.24) is 0 Å². The molecule has 0 bridgehead atoms. The number of rotatable bonds is 7. The fourth-order valence-electron chi connectivity index (χ4n) is 3.57. The van der Waals surface area contributed by atoms with E-state index in [1.807, 2.05) is 6.92 Å². The van der Waals surface area contributed by atoms with Gasteiger partial charge >= 0.3 is 11.9 Å². The summed E-state index contributed by atoms with van der Waals surface area (Å²) in [6.45, 7) is 10.2. The second kappa shape index (κ2) is 7.97. The molecule has 0 N–H and O–H groups in total. The van der Waals surface area contributed by atoms with Crippen molar-refractivity contribution < 1.29 is 23.8 Å². The summed E-state index contributed by atoms with van der Waals surface area (Å²) in [7, 11) is 4.23. The molecule has 0 amide bonds. The van der Waals surface area contributed by atoms with Crippen LogP contribution in [0.4, 0.5) is 0 Å². The van der Waals surface area contributed by atoms with E-state index < -0.39 is 23.0 Å². The Balaban J connectivity index is 3.11. The fourth-order valence-corrected chi connectivity index (χ4v) is 3.57. The Morgan fingerprint density at radius 1 is 1.25 bits per heavy atom. The summed E-state index contributed by atoms with van der Waals surface area (Å²) in [6.07, 6.45) is 4.32. The predicted molar refractivity (Wildman–Crippen MR) is 92.4 cm³/mol. The lowest BCUT2D eigenvalue weighted by molar-refractivity contribution is -0.169. The van der Waals surface area contributed by atoms with Crippen molar-refractivity contribution in [2.75, 3.05) is 21.3 Å². The first kappa shape index (κ1) is 20.4. The first-order valence-electron chi connectivity index (χ1n) is 8.20. The van der Waals surface area contributed by atoms with E-state index in [2.05, 4.69) is 26.5 Å². The minimum absolute atomic E-state index is 0.119. The SMILES string of the molecule is C=C1CC(C(=O)OC)(C(=O)OC)CC1[C@@](C)(CCC=C(C)C)OC. The molecule has 5 heteroatoms. The topological polar surface area (TPSA) is 61.8 Å². The summed E-state index contributed by atoms with van der Waals surface area (Å²) >= 11 is 0. The van der Waals surface area contributed by atoms with Crippen LogP contribution in [0.3, 0.4) is 0 Å². The molecule has 2 atom stereocenters. The van der Waals surface area contributed by atoms with E-state index in [0.29, 0.717) is 6.42 Å². The van der Waals surface area contributed by atoms with Gasteiger partial charge in [0.1, 0.15) is 0 Å². The molecule has 1 aliphatic carbocycles. The highest BCUT2D eigenvalue weighted by Crippen LogP contribution is 2.52. The van der Waals surface area contributed by atoms with Crippen molar-refractivity contribution in [1.29, 1.82) is 0 Å². The Hall–Kier alpha value is -1.62. The lowest BCUT2D eigenvalue weighted by Crippen LogP contribution is -2.42. The molecular weight excluding hydrogens is 308 g/mol. The normalized spacial score (nSPS) is 21.8. The summed E-state index contributed by atoms with van der Waals surface area (Å²) in [5.41, 5.74) is 0.249. The van der Waals surface area contributed by atoms with Crippen LogP contribution in [0.2, 0.25) is 0 Å². The zero-order valence-corrected chi connectivity index (χ0v) is 15.7. The molecule has 0 aromatic heterocycles. The summed E-state index contributed by atoms with van der Waals surface area (Å²) in [4.78, 5) is 24.7. The van der Waals surface area contributed by atoms with E-state index in [1.165, 1.54) is 19.8 Å². The monoisotopic (exact) mass is 338 g/mol. The van der Waals surface area contributed by atoms with Crippen LogP contribution in [0.5, 0.6) is 0 Å². The summed E-state index contributed by atoms with van der Waals surface area (Å²) in [5, 5.41) is 0. The molecule has 0 radical (unpaired) electrons. The number of hydrogen-bond acceptors (Lipinski definition) is 5. The Morgan fingerprint density at radius 2 is 1.79 bits per heavy atom. The van der Waals surface area contributed by atoms with Gasteiger partial charge in [-0.2, -0.15) is 0 Å². The molecule has 0 spiro atoms. The maximum absolute atomic E-state index is 12.3. The van der Waals surface area contributed by atoms with E-state index in [1.54, 1.807) is 7.11 Å². The Bertz CT molecular complexity index is 514. The lowest BCUT2D eigenvalue weighted by atomic mass is 9.78. The van der Waals surface area contributed by atoms with Crippen molar-refractivity contribution in [3.8, 4) is 0 Å². The molecule has 0 heterocycles. The number of esters is 2. The lowest BCUT2D eigenvalue weighted by Gasteiger charge is -2.35. The van der Waals surface area contributed by atoms with Crippen molar-refractivity contribution in [2.24, 2.45) is 11.3 Å². The molecule has 0 aliphatic heterocycles. The number of allylic oxidation sites excluding steroid dienone is 2. The average Bonchev–Trinajstić information content (AvgIpc) is 2.92. The molecule has 1 saturated carbocycles. The summed E-state index contributed by atoms with van der Waals surface area (Å²) in [5.74, 6) is -1.26. The van der Waals surface area contributed by atoms with Gasteiger partial charge < -0.3 is 14.2 Å². The fraction of sp³-hybridized carbons (Fsp3) is 0.684. The molecule has 1 fully saturated rings. The van der Waals surface area contributed by atoms with Gasteiger partial charge in [-0.3, -0.25) is 9.59 Å². The molecule has 1 rings (SSSR count). The van der Waals surface area contributed by atoms with Crippen LogP contribution in [0, 0.1) is 11.3 Å². The smallest absolute Gasteiger partial charge is 0.323 e. The zero-order valence-electron chi connectivity index (χ0n) is 15.7. The van der Waals surface area contributed by atoms with Crippen LogP contribution in [0.1, 0.15) is 46.5 Å². The first-order valence-corrected chi connectivity index (χ1v) is 8.20. The average molecular weight is 338 g/mol. The maximum atomic E-state index is 12.3. The third-order valence-electron chi connectivity index (χ3n) is 5.12. The van der Waals surface area contributed by atoms with E-state index in [9.17, 15) is 9.59 Å². The second-order valence-corrected chi connectivity index (χ2v) is 6.99. The third kappa shape index (κ3) is 3.89. The first-order chi connectivity index (χ1) is 11.2. The van der Waals surface area contributed by atoms with Crippen LogP contribution < -0.4 is 0 Å². The molecule has 24 heavy (non-hydrogen) atoms. The highest BCUT2D eigenvalue weighted by atomic mass is 16.5. The van der Waals surface area contributed by atoms with Crippen molar-refractivity contribution in [2.45, 2.75) is 52.1 Å². The van der Waals surface area contributed by atoms with Crippen LogP contribution in [0.25, 0.3) is 0 Å². The zero-order chi connectivity index (χ0) is 18.5. The minimum Gasteiger partial charge on any atom is -0.468 e. The largest absolute Gasteiger partial charge is 0.468 e. The number of methoxy groups -OCH3 is 3. The number of ether oxygens (including phenoxy) is 3. The van der Waals surface area contributed by atoms with Crippen LogP contribution in [-0.2, 0) is 23.8 Å². The Kier molecular flexibility index (Phi) is 6.78. The summed E-state index contributed by atoms with van der Waals surface area (Å²) < 4.78 is 15.6. The van der Waals surface area contributed by atoms with Crippen molar-refractivity contribution in [3.05, 3.63) is 23.8 Å². The van der Waals surface area contributed by atoms with Gasteiger partial charge in [0.25, 0.3) is 0 Å². The molecule has 0 saturated heterocycles. The van der Waals surface area contributed by atoms with Crippen LogP contribution in [0.15, 0.2) is 23.8 Å². The predicted octanol–water partition coefficient (Wildman–Crippen LogP) is 3.44. The van der Waals surface area contributed by atoms with Crippen LogP contribution >= 0.6 is 0 Å². The van der Waals surface area contributed by atoms with Gasteiger partial charge in [-0.15, -0.1) is 0 Å². The third-order valence-corrected chi connectivity index (χ3v) is 5.12. The van der Waals surface area contributed by atoms with Gasteiger partial charge in [-0.1, -0.05) is 23.8 Å². The van der Waals surface area contributed by atoms with E-state index in [-0.39, 0.29) is 12.3 Å². The van der Waals surface area contributed by atoms with Crippen molar-refractivity contribution >= 4 is 11.9 Å². The van der Waals surface area contributed by atoms with E-state index >= 15 is 0 Å². The molecule has 0 aromatic carbocycles. The van der Waals surface area contributed by atoms with Crippen LogP contribution in [-0.4, -0.2) is 38.9 Å². The standard InChI is InChI=1S/C19H30O5/c1-13(2)9-8-10-18(4,24-7)15-12-19(11-14(15)3,16(20)22-5)17(21)23-6/h9,15H,3,8,10-12H2,1-2,4-7H3/t15?,18-/m1/s1.